The summed E-state index contributed by atoms with van der Waals surface area (Å²) in [5.74, 6) is 0.371. The molecule has 0 aliphatic heterocycles. The van der Waals surface area contributed by atoms with E-state index < -0.39 is 0 Å². The van der Waals surface area contributed by atoms with Crippen molar-refractivity contribution in [3.05, 3.63) is 96.6 Å². The zero-order valence-corrected chi connectivity index (χ0v) is 18.8. The van der Waals surface area contributed by atoms with Crippen molar-refractivity contribution >= 4 is 62.2 Å². The normalized spacial score (nSPS) is 11.4. The van der Waals surface area contributed by atoms with Gasteiger partial charge < -0.3 is 0 Å². The predicted octanol–water partition coefficient (Wildman–Crippen LogP) is 5.05. The maximum Gasteiger partial charge on any atom is 0.266 e. The maximum absolute atomic E-state index is 13.3. The van der Waals surface area contributed by atoms with Crippen molar-refractivity contribution < 1.29 is 0 Å². The molecule has 2 aromatic carbocycles. The fraction of sp³-hybridized carbons (Fsp3) is 0.0476. The molecule has 5 rings (SSSR count). The van der Waals surface area contributed by atoms with E-state index in [1.165, 1.54) is 38.1 Å². The molecule has 0 fully saturated rings. The average Bonchev–Trinajstić information content (AvgIpc) is 3.22. The van der Waals surface area contributed by atoms with Gasteiger partial charge in [0, 0.05) is 33.4 Å². The van der Waals surface area contributed by atoms with Crippen molar-refractivity contribution in [1.82, 2.24) is 18.9 Å². The largest absolute Gasteiger partial charge is 0.269 e. The summed E-state index contributed by atoms with van der Waals surface area (Å²) in [6.07, 6.45) is 1.69. The highest BCUT2D eigenvalue weighted by atomic mass is 35.5. The quantitative estimate of drug-likeness (QED) is 0.262. The molecular formula is C21H12Cl2N4O2S2. The number of nitrogens with zero attached hydrogens (tertiary/aromatic N) is 4. The number of rotatable bonds is 4. The highest BCUT2D eigenvalue weighted by Gasteiger charge is 2.15. The van der Waals surface area contributed by atoms with Gasteiger partial charge >= 0.3 is 0 Å². The number of thioether (sulfide) groups is 1. The van der Waals surface area contributed by atoms with Crippen LogP contribution < -0.4 is 11.1 Å². The number of fused-ring (bicyclic) bond motifs is 2. The fourth-order valence-corrected chi connectivity index (χ4v) is 5.09. The Morgan fingerprint density at radius 2 is 1.74 bits per heavy atom. The van der Waals surface area contributed by atoms with Gasteiger partial charge in [-0.15, -0.1) is 11.3 Å². The molecule has 0 amide bonds. The Kier molecular flexibility index (Phi) is 5.31. The van der Waals surface area contributed by atoms with Gasteiger partial charge in [-0.3, -0.25) is 18.6 Å². The van der Waals surface area contributed by atoms with Gasteiger partial charge in [0.25, 0.3) is 11.1 Å². The second-order valence-electron chi connectivity index (χ2n) is 6.60. The molecule has 0 bridgehead atoms. The molecular weight excluding hydrogens is 475 g/mol. The predicted molar refractivity (Wildman–Crippen MR) is 126 cm³/mol. The van der Waals surface area contributed by atoms with Gasteiger partial charge in [0.05, 0.1) is 22.3 Å². The fourth-order valence-electron chi connectivity index (χ4n) is 3.15. The third-order valence-electron chi connectivity index (χ3n) is 4.59. The number of halogens is 2. The molecule has 0 radical (unpaired) electrons. The first-order valence-electron chi connectivity index (χ1n) is 9.06. The van der Waals surface area contributed by atoms with Crippen molar-refractivity contribution in [3.63, 3.8) is 0 Å². The molecule has 5 aromatic rings. The zero-order valence-electron chi connectivity index (χ0n) is 15.7. The molecule has 3 heterocycles. The lowest BCUT2D eigenvalue weighted by Gasteiger charge is -2.13. The third-order valence-corrected chi connectivity index (χ3v) is 6.81. The summed E-state index contributed by atoms with van der Waals surface area (Å²) >= 11 is 14.9. The summed E-state index contributed by atoms with van der Waals surface area (Å²) in [6.45, 7) is 0. The Morgan fingerprint density at radius 3 is 2.55 bits per heavy atom. The van der Waals surface area contributed by atoms with Gasteiger partial charge in [0.15, 0.2) is 10.1 Å². The smallest absolute Gasteiger partial charge is 0.266 e. The van der Waals surface area contributed by atoms with Crippen LogP contribution in [0.3, 0.4) is 0 Å². The Morgan fingerprint density at radius 1 is 0.968 bits per heavy atom. The van der Waals surface area contributed by atoms with E-state index in [0.717, 1.165) is 0 Å². The molecule has 0 saturated carbocycles. The summed E-state index contributed by atoms with van der Waals surface area (Å²) in [4.78, 5) is 35.4. The monoisotopic (exact) mass is 486 g/mol. The van der Waals surface area contributed by atoms with Crippen LogP contribution in [0.15, 0.2) is 74.9 Å². The van der Waals surface area contributed by atoms with Gasteiger partial charge in [-0.1, -0.05) is 35.0 Å². The van der Waals surface area contributed by atoms with E-state index in [9.17, 15) is 9.59 Å². The van der Waals surface area contributed by atoms with Crippen LogP contribution in [-0.4, -0.2) is 18.9 Å². The lowest BCUT2D eigenvalue weighted by atomic mass is 10.2. The zero-order chi connectivity index (χ0) is 21.5. The molecule has 10 heteroatoms. The second-order valence-corrected chi connectivity index (χ2v) is 9.29. The Bertz CT molecular complexity index is 1560. The number of hydrogen-bond acceptors (Lipinski definition) is 6. The third kappa shape index (κ3) is 3.87. The van der Waals surface area contributed by atoms with Gasteiger partial charge in [0.1, 0.15) is 0 Å². The molecule has 6 nitrogen and oxygen atoms in total. The minimum atomic E-state index is -0.215. The van der Waals surface area contributed by atoms with Crippen LogP contribution >= 0.6 is 46.3 Å². The summed E-state index contributed by atoms with van der Waals surface area (Å²) < 4.78 is 3.03. The summed E-state index contributed by atoms with van der Waals surface area (Å²) in [5, 5.41) is 3.81. The molecule has 0 aliphatic carbocycles. The van der Waals surface area contributed by atoms with Gasteiger partial charge in [-0.05, 0) is 42.5 Å². The van der Waals surface area contributed by atoms with Crippen LogP contribution in [-0.2, 0) is 5.75 Å². The first-order chi connectivity index (χ1) is 15.0. The van der Waals surface area contributed by atoms with Gasteiger partial charge in [0.2, 0.25) is 0 Å². The number of thiazole rings is 1. The van der Waals surface area contributed by atoms with E-state index >= 15 is 0 Å². The highest BCUT2D eigenvalue weighted by molar-refractivity contribution is 7.98. The standard InChI is InChI=1S/C21H12Cl2N4O2S2/c22-12-1-4-15(5-2-12)27-19(29)16-6-3-13(23)9-17(16)25-21(27)31-11-14-10-18(28)26-7-8-30-20(26)24-14/h1-10H,11H2. The number of hydrogen-bond donors (Lipinski definition) is 0. The second kappa shape index (κ2) is 8.12. The molecule has 3 aromatic heterocycles. The van der Waals surface area contributed by atoms with Crippen molar-refractivity contribution in [2.45, 2.75) is 10.9 Å². The first kappa shape index (κ1) is 20.3. The van der Waals surface area contributed by atoms with Crippen molar-refractivity contribution in [3.8, 4) is 5.69 Å². The van der Waals surface area contributed by atoms with Crippen LogP contribution in [0.2, 0.25) is 10.0 Å². The van der Waals surface area contributed by atoms with Crippen LogP contribution in [0.25, 0.3) is 21.6 Å². The molecule has 0 N–H and O–H groups in total. The van der Waals surface area contributed by atoms with E-state index in [2.05, 4.69) is 9.97 Å². The minimum Gasteiger partial charge on any atom is -0.269 e. The summed E-state index contributed by atoms with van der Waals surface area (Å²) in [5.41, 5.74) is 1.40. The van der Waals surface area contributed by atoms with E-state index in [1.54, 1.807) is 48.7 Å². The first-order valence-corrected chi connectivity index (χ1v) is 11.7. The SMILES string of the molecule is O=c1c2ccc(Cl)cc2nc(SCc2cc(=O)n3ccsc3n2)n1-c1ccc(Cl)cc1. The number of aromatic nitrogens is 4. The van der Waals surface area contributed by atoms with Crippen LogP contribution in [0, 0.1) is 0 Å². The topological polar surface area (TPSA) is 69.3 Å². The molecule has 0 saturated heterocycles. The minimum absolute atomic E-state index is 0.143. The van der Waals surface area contributed by atoms with E-state index in [-0.39, 0.29) is 11.1 Å². The molecule has 0 unspecified atom stereocenters. The highest BCUT2D eigenvalue weighted by Crippen LogP contribution is 2.26. The Balaban J connectivity index is 1.63. The Hall–Kier alpha value is -2.65. The lowest BCUT2D eigenvalue weighted by molar-refractivity contribution is 0.819. The molecule has 0 aliphatic rings. The van der Waals surface area contributed by atoms with Crippen molar-refractivity contribution in [2.75, 3.05) is 0 Å². The van der Waals surface area contributed by atoms with Crippen LogP contribution in [0.4, 0.5) is 0 Å². The van der Waals surface area contributed by atoms with Crippen LogP contribution in [0.1, 0.15) is 5.69 Å². The summed E-state index contributed by atoms with van der Waals surface area (Å²) in [7, 11) is 0. The van der Waals surface area contributed by atoms with Crippen molar-refractivity contribution in [2.24, 2.45) is 0 Å². The van der Waals surface area contributed by atoms with E-state index in [4.69, 9.17) is 23.2 Å². The van der Waals surface area contributed by atoms with Gasteiger partial charge in [-0.2, -0.15) is 0 Å². The van der Waals surface area contributed by atoms with E-state index in [0.29, 0.717) is 48.2 Å². The molecule has 0 atom stereocenters. The molecule has 0 spiro atoms. The number of benzene rings is 2. The molecule has 31 heavy (non-hydrogen) atoms. The van der Waals surface area contributed by atoms with E-state index in [1.807, 2.05) is 5.38 Å². The van der Waals surface area contributed by atoms with Crippen molar-refractivity contribution in [1.29, 1.82) is 0 Å². The Labute approximate surface area is 193 Å². The summed E-state index contributed by atoms with van der Waals surface area (Å²) in [6, 6.07) is 13.5. The van der Waals surface area contributed by atoms with Crippen LogP contribution in [0.5, 0.6) is 0 Å². The van der Waals surface area contributed by atoms with Gasteiger partial charge in [-0.25, -0.2) is 9.97 Å². The molecule has 154 valence electrons. The maximum atomic E-state index is 13.3. The lowest BCUT2D eigenvalue weighted by Crippen LogP contribution is -2.22. The average molecular weight is 487 g/mol.